The highest BCUT2D eigenvalue weighted by Crippen LogP contribution is 2.05. The van der Waals surface area contributed by atoms with Gasteiger partial charge in [-0.3, -0.25) is 9.59 Å². The summed E-state index contributed by atoms with van der Waals surface area (Å²) in [4.78, 5) is 29.5. The number of nitrogens with two attached hydrogens (primary N) is 1. The highest BCUT2D eigenvalue weighted by Gasteiger charge is 2.07. The normalized spacial score (nSPS) is 9.29. The Balaban J connectivity index is 0.000000344. The van der Waals surface area contributed by atoms with Crippen LogP contribution in [-0.4, -0.2) is 27.0 Å². The molecule has 3 rings (SSSR count). The summed E-state index contributed by atoms with van der Waals surface area (Å²) in [5.74, 6) is -1.42. The molecular weight excluding hydrogens is 425 g/mol. The lowest BCUT2D eigenvalue weighted by atomic mass is 10.1. The lowest BCUT2D eigenvalue weighted by Crippen LogP contribution is -2.24. The number of aliphatic carboxylic acids is 1. The van der Waals surface area contributed by atoms with Gasteiger partial charge in [0.05, 0.1) is 18.1 Å². The lowest BCUT2D eigenvalue weighted by Gasteiger charge is -2.05. The number of benzene rings is 2. The van der Waals surface area contributed by atoms with Crippen LogP contribution in [0.4, 0.5) is 10.2 Å². The molecule has 0 fully saturated rings. The van der Waals surface area contributed by atoms with Crippen molar-refractivity contribution in [2.45, 2.75) is 13.0 Å². The van der Waals surface area contributed by atoms with Crippen LogP contribution in [-0.2, 0) is 17.8 Å². The van der Waals surface area contributed by atoms with Gasteiger partial charge in [-0.2, -0.15) is 5.26 Å². The number of aromatic nitrogens is 2. The largest absolute Gasteiger partial charge is 0.481 e. The van der Waals surface area contributed by atoms with Gasteiger partial charge >= 0.3 is 5.97 Å². The number of rotatable bonds is 5. The fraction of sp³-hybridized carbons (Fsp3) is 0.0952. The molecular formula is C21H19ClFN5O3. The van der Waals surface area contributed by atoms with E-state index in [2.05, 4.69) is 15.3 Å². The molecule has 4 N–H and O–H groups in total. The number of nitrogens with zero attached hydrogens (tertiary/aromatic N) is 3. The van der Waals surface area contributed by atoms with Crippen LogP contribution in [0.15, 0.2) is 60.9 Å². The van der Waals surface area contributed by atoms with Crippen LogP contribution in [0.3, 0.4) is 0 Å². The second-order valence-electron chi connectivity index (χ2n) is 6.02. The zero-order chi connectivity index (χ0) is 21.9. The fourth-order valence-corrected chi connectivity index (χ4v) is 2.29. The van der Waals surface area contributed by atoms with E-state index in [0.717, 1.165) is 5.56 Å². The first-order valence-electron chi connectivity index (χ1n) is 8.68. The number of nitrogens with one attached hydrogen (secondary N) is 1. The van der Waals surface area contributed by atoms with E-state index in [-0.39, 0.29) is 36.2 Å². The van der Waals surface area contributed by atoms with E-state index < -0.39 is 11.8 Å². The molecule has 0 unspecified atom stereocenters. The number of hydrogen-bond acceptors (Lipinski definition) is 6. The molecule has 31 heavy (non-hydrogen) atoms. The van der Waals surface area contributed by atoms with E-state index in [1.165, 1.54) is 30.6 Å². The van der Waals surface area contributed by atoms with Crippen molar-refractivity contribution in [3.8, 4) is 6.07 Å². The van der Waals surface area contributed by atoms with Gasteiger partial charge in [-0.1, -0.05) is 24.3 Å². The summed E-state index contributed by atoms with van der Waals surface area (Å²) < 4.78 is 12.4. The minimum atomic E-state index is -0.949. The Labute approximate surface area is 184 Å². The van der Waals surface area contributed by atoms with Gasteiger partial charge in [-0.05, 0) is 35.4 Å². The summed E-state index contributed by atoms with van der Waals surface area (Å²) in [6.45, 7) is 0.356. The zero-order valence-corrected chi connectivity index (χ0v) is 17.0. The van der Waals surface area contributed by atoms with Gasteiger partial charge in [-0.15, -0.1) is 12.4 Å². The number of hydrogen-bond donors (Lipinski definition) is 3. The van der Waals surface area contributed by atoms with Gasteiger partial charge in [0.2, 0.25) is 0 Å². The number of carbonyl (C=O) groups excluding carboxylic acids is 1. The molecule has 1 heterocycles. The van der Waals surface area contributed by atoms with Crippen LogP contribution >= 0.6 is 12.4 Å². The summed E-state index contributed by atoms with van der Waals surface area (Å²) in [5, 5.41) is 19.7. The Kier molecular flexibility index (Phi) is 10.1. The van der Waals surface area contributed by atoms with Crippen LogP contribution in [0.2, 0.25) is 0 Å². The van der Waals surface area contributed by atoms with Crippen LogP contribution in [0.25, 0.3) is 0 Å². The number of carboxylic acids is 1. The SMILES string of the molecule is Cl.N#Cc1ccc(CNC(=O)c2cc(N)ncn2)cc1.O=C(O)Cc1cccc(F)c1. The number of carboxylic acid groups (broad SMARTS) is 1. The standard InChI is InChI=1S/C13H11N5O.C8H7FO2.ClH/c14-6-9-1-3-10(4-2-9)7-16-13(19)11-5-12(15)18-8-17-11;9-7-3-1-2-6(4-7)5-8(10)11;/h1-5,8H,7H2,(H,16,19)(H2,15,17,18);1-4H,5H2,(H,10,11);1H. The van der Waals surface area contributed by atoms with Crippen molar-refractivity contribution < 1.29 is 19.1 Å². The summed E-state index contributed by atoms with van der Waals surface area (Å²) in [6, 6.07) is 16.0. The second-order valence-corrected chi connectivity index (χ2v) is 6.02. The molecule has 0 saturated heterocycles. The van der Waals surface area contributed by atoms with Crippen molar-refractivity contribution in [2.24, 2.45) is 0 Å². The first-order valence-corrected chi connectivity index (χ1v) is 8.68. The Morgan fingerprint density at radius 3 is 2.39 bits per heavy atom. The van der Waals surface area contributed by atoms with Crippen molar-refractivity contribution in [2.75, 3.05) is 5.73 Å². The average molecular weight is 444 g/mol. The molecule has 0 atom stereocenters. The Bertz CT molecular complexity index is 1070. The van der Waals surface area contributed by atoms with Crippen LogP contribution in [0.1, 0.15) is 27.2 Å². The second kappa shape index (κ2) is 12.5. The Hall–Kier alpha value is -4.03. The first-order chi connectivity index (χ1) is 14.4. The quantitative estimate of drug-likeness (QED) is 0.550. The molecule has 0 radical (unpaired) electrons. The third-order valence-corrected chi connectivity index (χ3v) is 3.70. The van der Waals surface area contributed by atoms with Crippen LogP contribution in [0, 0.1) is 17.1 Å². The Morgan fingerprint density at radius 2 is 1.81 bits per heavy atom. The summed E-state index contributed by atoms with van der Waals surface area (Å²) in [6.07, 6.45) is 1.11. The number of anilines is 1. The third kappa shape index (κ3) is 8.89. The predicted molar refractivity (Wildman–Crippen MR) is 114 cm³/mol. The van der Waals surface area contributed by atoms with E-state index in [9.17, 15) is 14.0 Å². The minimum Gasteiger partial charge on any atom is -0.481 e. The number of carbonyl (C=O) groups is 2. The molecule has 10 heteroatoms. The number of nitriles is 1. The van der Waals surface area contributed by atoms with Gasteiger partial charge in [-0.25, -0.2) is 14.4 Å². The van der Waals surface area contributed by atoms with Crippen molar-refractivity contribution >= 4 is 30.1 Å². The molecule has 0 saturated carbocycles. The van der Waals surface area contributed by atoms with Crippen LogP contribution < -0.4 is 11.1 Å². The molecule has 0 aliphatic heterocycles. The third-order valence-electron chi connectivity index (χ3n) is 3.70. The van der Waals surface area contributed by atoms with Crippen molar-refractivity contribution in [1.82, 2.24) is 15.3 Å². The van der Waals surface area contributed by atoms with Gasteiger partial charge < -0.3 is 16.2 Å². The van der Waals surface area contributed by atoms with E-state index in [4.69, 9.17) is 16.1 Å². The predicted octanol–water partition coefficient (Wildman–Crippen LogP) is 2.74. The number of halogens is 2. The zero-order valence-electron chi connectivity index (χ0n) is 16.2. The maximum atomic E-state index is 12.4. The molecule has 0 aliphatic carbocycles. The average Bonchev–Trinajstić information content (AvgIpc) is 2.72. The topological polar surface area (TPSA) is 142 Å². The van der Waals surface area contributed by atoms with Gasteiger partial charge in [0.15, 0.2) is 0 Å². The van der Waals surface area contributed by atoms with E-state index >= 15 is 0 Å². The molecule has 0 bridgehead atoms. The van der Waals surface area contributed by atoms with Crippen molar-refractivity contribution in [1.29, 1.82) is 5.26 Å². The lowest BCUT2D eigenvalue weighted by molar-refractivity contribution is -0.136. The van der Waals surface area contributed by atoms with Gasteiger partial charge in [0.25, 0.3) is 5.91 Å². The maximum absolute atomic E-state index is 12.4. The van der Waals surface area contributed by atoms with Crippen LogP contribution in [0.5, 0.6) is 0 Å². The van der Waals surface area contributed by atoms with E-state index in [0.29, 0.717) is 17.7 Å². The van der Waals surface area contributed by atoms with Crippen molar-refractivity contribution in [3.63, 3.8) is 0 Å². The summed E-state index contributed by atoms with van der Waals surface area (Å²) in [7, 11) is 0. The molecule has 2 aromatic carbocycles. The monoisotopic (exact) mass is 443 g/mol. The molecule has 3 aromatic rings. The van der Waals surface area contributed by atoms with E-state index in [1.54, 1.807) is 30.3 Å². The molecule has 0 spiro atoms. The molecule has 0 aliphatic rings. The molecule has 160 valence electrons. The Morgan fingerprint density at radius 1 is 1.10 bits per heavy atom. The smallest absolute Gasteiger partial charge is 0.307 e. The summed E-state index contributed by atoms with van der Waals surface area (Å²) >= 11 is 0. The fourth-order valence-electron chi connectivity index (χ4n) is 2.29. The summed E-state index contributed by atoms with van der Waals surface area (Å²) in [5.41, 5.74) is 7.66. The maximum Gasteiger partial charge on any atom is 0.307 e. The molecule has 1 amide bonds. The molecule has 1 aromatic heterocycles. The van der Waals surface area contributed by atoms with E-state index in [1.807, 2.05) is 6.07 Å². The van der Waals surface area contributed by atoms with Gasteiger partial charge in [0, 0.05) is 12.6 Å². The first kappa shape index (κ1) is 25.0. The highest BCUT2D eigenvalue weighted by molar-refractivity contribution is 5.92. The highest BCUT2D eigenvalue weighted by atomic mass is 35.5. The van der Waals surface area contributed by atoms with Crippen molar-refractivity contribution in [3.05, 3.63) is 89.1 Å². The number of amides is 1. The van der Waals surface area contributed by atoms with Gasteiger partial charge in [0.1, 0.15) is 23.7 Å². The number of nitrogen functional groups attached to an aromatic ring is 1. The molecule has 8 nitrogen and oxygen atoms in total. The minimum absolute atomic E-state index is 0.